The Bertz CT molecular complexity index is 581. The van der Waals surface area contributed by atoms with Crippen molar-refractivity contribution in [2.75, 3.05) is 7.11 Å². The quantitative estimate of drug-likeness (QED) is 0.660. The topological polar surface area (TPSA) is 22.4 Å². The maximum absolute atomic E-state index is 6.48. The lowest BCUT2D eigenvalue weighted by molar-refractivity contribution is 0.404. The van der Waals surface area contributed by atoms with E-state index in [-0.39, 0.29) is 0 Å². The first kappa shape index (κ1) is 14.8. The molecular formula is C14H13BrCl2O2. The normalized spacial score (nSPS) is 12.5. The predicted octanol–water partition coefficient (Wildman–Crippen LogP) is 5.59. The van der Waals surface area contributed by atoms with Gasteiger partial charge >= 0.3 is 0 Å². The maximum atomic E-state index is 6.48. The van der Waals surface area contributed by atoms with Crippen molar-refractivity contribution in [2.45, 2.75) is 18.7 Å². The van der Waals surface area contributed by atoms with Crippen LogP contribution >= 0.6 is 39.1 Å². The zero-order valence-corrected chi connectivity index (χ0v) is 13.6. The molecule has 1 aromatic heterocycles. The number of hydrogen-bond acceptors (Lipinski definition) is 2. The van der Waals surface area contributed by atoms with Crippen molar-refractivity contribution in [3.63, 3.8) is 0 Å². The van der Waals surface area contributed by atoms with Crippen molar-refractivity contribution in [1.82, 2.24) is 0 Å². The Labute approximate surface area is 130 Å². The molecule has 1 heterocycles. The summed E-state index contributed by atoms with van der Waals surface area (Å²) in [4.78, 5) is 0. The molecule has 1 aromatic carbocycles. The van der Waals surface area contributed by atoms with Crippen molar-refractivity contribution < 1.29 is 9.15 Å². The van der Waals surface area contributed by atoms with E-state index < -0.39 is 5.38 Å². The van der Waals surface area contributed by atoms with Gasteiger partial charge in [0, 0.05) is 17.0 Å². The van der Waals surface area contributed by atoms with Crippen LogP contribution in [0.5, 0.6) is 5.75 Å². The molecule has 0 bridgehead atoms. The van der Waals surface area contributed by atoms with Crippen molar-refractivity contribution in [3.8, 4) is 5.75 Å². The molecule has 102 valence electrons. The van der Waals surface area contributed by atoms with Crippen molar-refractivity contribution >= 4 is 39.1 Å². The Hall–Kier alpha value is -0.640. The summed E-state index contributed by atoms with van der Waals surface area (Å²) in [6, 6.07) is 7.37. The Kier molecular flexibility index (Phi) is 4.82. The van der Waals surface area contributed by atoms with Gasteiger partial charge in [-0.25, -0.2) is 0 Å². The van der Waals surface area contributed by atoms with Gasteiger partial charge in [-0.05, 0) is 40.2 Å². The van der Waals surface area contributed by atoms with Gasteiger partial charge in [-0.15, -0.1) is 11.6 Å². The van der Waals surface area contributed by atoms with Gasteiger partial charge < -0.3 is 9.15 Å². The smallest absolute Gasteiger partial charge is 0.138 e. The van der Waals surface area contributed by atoms with Gasteiger partial charge in [0.15, 0.2) is 0 Å². The summed E-state index contributed by atoms with van der Waals surface area (Å²) in [7, 11) is 1.60. The summed E-state index contributed by atoms with van der Waals surface area (Å²) in [5.41, 5.74) is 0.778. The molecule has 1 atom stereocenters. The number of methoxy groups -OCH3 is 1. The summed E-state index contributed by atoms with van der Waals surface area (Å²) in [6.07, 6.45) is 0.833. The van der Waals surface area contributed by atoms with E-state index in [1.54, 1.807) is 19.2 Å². The fourth-order valence-electron chi connectivity index (χ4n) is 1.86. The van der Waals surface area contributed by atoms with E-state index in [4.69, 9.17) is 32.4 Å². The zero-order chi connectivity index (χ0) is 14.0. The molecule has 0 aliphatic heterocycles. The zero-order valence-electron chi connectivity index (χ0n) is 10.5. The molecule has 0 saturated heterocycles. The van der Waals surface area contributed by atoms with Gasteiger partial charge in [0.25, 0.3) is 0 Å². The van der Waals surface area contributed by atoms with E-state index in [9.17, 15) is 0 Å². The Morgan fingerprint density at radius 2 is 2.11 bits per heavy atom. The monoisotopic (exact) mass is 362 g/mol. The van der Waals surface area contributed by atoms with E-state index in [1.807, 2.05) is 19.1 Å². The highest BCUT2D eigenvalue weighted by Crippen LogP contribution is 2.41. The number of furan rings is 1. The lowest BCUT2D eigenvalue weighted by Crippen LogP contribution is -1.97. The van der Waals surface area contributed by atoms with Crippen molar-refractivity contribution in [2.24, 2.45) is 0 Å². The molecule has 0 radical (unpaired) electrons. The van der Waals surface area contributed by atoms with Crippen LogP contribution < -0.4 is 4.74 Å². The molecule has 0 fully saturated rings. The molecule has 2 nitrogen and oxygen atoms in total. The van der Waals surface area contributed by atoms with Gasteiger partial charge in [0.05, 0.1) is 11.6 Å². The van der Waals surface area contributed by atoms with Crippen LogP contribution in [0.4, 0.5) is 0 Å². The van der Waals surface area contributed by atoms with Crippen LogP contribution in [0.15, 0.2) is 33.2 Å². The van der Waals surface area contributed by atoms with Crippen LogP contribution in [0.1, 0.15) is 29.4 Å². The SMILES string of the molecule is CCc1ccc(C(Cl)c2cc(Cl)cc(Br)c2OC)o1. The number of alkyl halides is 1. The van der Waals surface area contributed by atoms with E-state index in [1.165, 1.54) is 0 Å². The predicted molar refractivity (Wildman–Crippen MR) is 81.5 cm³/mol. The molecule has 19 heavy (non-hydrogen) atoms. The molecule has 1 unspecified atom stereocenters. The number of benzene rings is 1. The molecule has 2 rings (SSSR count). The third kappa shape index (κ3) is 3.10. The molecule has 0 amide bonds. The summed E-state index contributed by atoms with van der Waals surface area (Å²) < 4.78 is 11.8. The molecule has 0 N–H and O–H groups in total. The molecular weight excluding hydrogens is 351 g/mol. The van der Waals surface area contributed by atoms with Gasteiger partial charge in [-0.2, -0.15) is 0 Å². The highest BCUT2D eigenvalue weighted by molar-refractivity contribution is 9.10. The minimum absolute atomic E-state index is 0.440. The van der Waals surface area contributed by atoms with Crippen LogP contribution in [0, 0.1) is 0 Å². The second-order valence-electron chi connectivity index (χ2n) is 4.03. The Morgan fingerprint density at radius 3 is 2.68 bits per heavy atom. The van der Waals surface area contributed by atoms with Crippen LogP contribution in [-0.2, 0) is 6.42 Å². The van der Waals surface area contributed by atoms with E-state index in [0.29, 0.717) is 16.5 Å². The first-order valence-corrected chi connectivity index (χ1v) is 7.43. The average molecular weight is 364 g/mol. The highest BCUT2D eigenvalue weighted by Gasteiger charge is 2.21. The lowest BCUT2D eigenvalue weighted by atomic mass is 10.1. The molecule has 0 spiro atoms. The number of ether oxygens (including phenoxy) is 1. The third-order valence-electron chi connectivity index (χ3n) is 2.79. The van der Waals surface area contributed by atoms with E-state index >= 15 is 0 Å². The second-order valence-corrected chi connectivity index (χ2v) is 5.76. The van der Waals surface area contributed by atoms with E-state index in [0.717, 1.165) is 22.2 Å². The average Bonchev–Trinajstić information content (AvgIpc) is 2.85. The Balaban J connectivity index is 2.45. The molecule has 2 aromatic rings. The number of aryl methyl sites for hydroxylation is 1. The van der Waals surface area contributed by atoms with Crippen LogP contribution in [0.25, 0.3) is 0 Å². The van der Waals surface area contributed by atoms with Gasteiger partial charge in [-0.3, -0.25) is 0 Å². The largest absolute Gasteiger partial charge is 0.495 e. The third-order valence-corrected chi connectivity index (χ3v) is 4.05. The molecule has 5 heteroatoms. The molecule has 0 aliphatic rings. The van der Waals surface area contributed by atoms with Crippen LogP contribution in [-0.4, -0.2) is 7.11 Å². The minimum Gasteiger partial charge on any atom is -0.495 e. The van der Waals surface area contributed by atoms with E-state index in [2.05, 4.69) is 15.9 Å². The first-order chi connectivity index (χ1) is 9.06. The second kappa shape index (κ2) is 6.21. The highest BCUT2D eigenvalue weighted by atomic mass is 79.9. The van der Waals surface area contributed by atoms with Crippen molar-refractivity contribution in [3.05, 3.63) is 50.8 Å². The first-order valence-electron chi connectivity index (χ1n) is 5.82. The number of rotatable bonds is 4. The Morgan fingerprint density at radius 1 is 1.37 bits per heavy atom. The molecule has 0 saturated carbocycles. The summed E-state index contributed by atoms with van der Waals surface area (Å²) >= 11 is 16.0. The number of hydrogen-bond donors (Lipinski definition) is 0. The minimum atomic E-state index is -0.440. The van der Waals surface area contributed by atoms with Crippen LogP contribution in [0.3, 0.4) is 0 Å². The standard InChI is InChI=1S/C14H13BrCl2O2/c1-3-9-4-5-12(19-9)13(17)10-6-8(16)7-11(15)14(10)18-2/h4-7,13H,3H2,1-2H3. The summed E-state index contributed by atoms with van der Waals surface area (Å²) in [5, 5.41) is 0.154. The number of halogens is 3. The lowest BCUT2D eigenvalue weighted by Gasteiger charge is -2.14. The van der Waals surface area contributed by atoms with Gasteiger partial charge in [0.1, 0.15) is 22.6 Å². The summed E-state index contributed by atoms with van der Waals surface area (Å²) in [5.74, 6) is 2.26. The van der Waals surface area contributed by atoms with Gasteiger partial charge in [0.2, 0.25) is 0 Å². The van der Waals surface area contributed by atoms with Crippen LogP contribution in [0.2, 0.25) is 5.02 Å². The fraction of sp³-hybridized carbons (Fsp3) is 0.286. The fourth-order valence-corrected chi connectivity index (χ4v) is 3.13. The van der Waals surface area contributed by atoms with Crippen molar-refractivity contribution in [1.29, 1.82) is 0 Å². The van der Waals surface area contributed by atoms with Gasteiger partial charge in [-0.1, -0.05) is 18.5 Å². The maximum Gasteiger partial charge on any atom is 0.138 e. The molecule has 0 aliphatic carbocycles. The summed E-state index contributed by atoms with van der Waals surface area (Å²) in [6.45, 7) is 2.03.